The Morgan fingerprint density at radius 2 is 1.83 bits per heavy atom. The molecule has 23 heavy (non-hydrogen) atoms. The molecule has 5 heteroatoms. The number of likely N-dealkylation sites (N-methyl/N-ethyl adjacent to an activating group) is 1. The molecule has 2 heterocycles. The quantitative estimate of drug-likeness (QED) is 0.849. The van der Waals surface area contributed by atoms with Crippen LogP contribution in [0.2, 0.25) is 5.02 Å². The molecule has 2 fully saturated rings. The summed E-state index contributed by atoms with van der Waals surface area (Å²) in [6, 6.07) is 7.99. The van der Waals surface area contributed by atoms with E-state index in [1.165, 1.54) is 5.69 Å². The van der Waals surface area contributed by atoms with Crippen molar-refractivity contribution in [3.8, 4) is 0 Å². The Labute approximate surface area is 144 Å². The third-order valence-electron chi connectivity index (χ3n) is 5.15. The molecule has 0 spiro atoms. The van der Waals surface area contributed by atoms with E-state index in [0.717, 1.165) is 63.7 Å². The Morgan fingerprint density at radius 3 is 2.43 bits per heavy atom. The third-order valence-corrected chi connectivity index (χ3v) is 5.38. The maximum Gasteiger partial charge on any atom is 0.225 e. The molecule has 4 nitrogen and oxygen atoms in total. The zero-order valence-corrected chi connectivity index (χ0v) is 14.6. The Balaban J connectivity index is 1.51. The third kappa shape index (κ3) is 3.99. The first-order valence-electron chi connectivity index (χ1n) is 8.69. The zero-order valence-electron chi connectivity index (χ0n) is 13.9. The summed E-state index contributed by atoms with van der Waals surface area (Å²) >= 11 is 6.08. The monoisotopic (exact) mass is 335 g/mol. The number of amides is 1. The number of nitrogens with zero attached hydrogens (tertiary/aromatic N) is 3. The van der Waals surface area contributed by atoms with Crippen LogP contribution in [0.1, 0.15) is 19.8 Å². The van der Waals surface area contributed by atoms with Crippen molar-refractivity contribution in [3.63, 3.8) is 0 Å². The van der Waals surface area contributed by atoms with Gasteiger partial charge in [0.1, 0.15) is 0 Å². The molecule has 0 aromatic heterocycles. The van der Waals surface area contributed by atoms with E-state index >= 15 is 0 Å². The van der Waals surface area contributed by atoms with Gasteiger partial charge in [0.2, 0.25) is 5.91 Å². The van der Waals surface area contributed by atoms with Gasteiger partial charge in [-0.2, -0.15) is 0 Å². The molecule has 0 N–H and O–H groups in total. The molecule has 1 aromatic rings. The minimum absolute atomic E-state index is 0.193. The second-order valence-electron chi connectivity index (χ2n) is 6.50. The molecule has 2 saturated heterocycles. The summed E-state index contributed by atoms with van der Waals surface area (Å²) in [4.78, 5) is 19.5. The maximum absolute atomic E-state index is 12.7. The second-order valence-corrected chi connectivity index (χ2v) is 6.94. The SMILES string of the molecule is CCN1CCN(C(=O)C2CCN(c3cccc(Cl)c3)CC2)CC1. The number of halogens is 1. The van der Waals surface area contributed by atoms with Crippen LogP contribution >= 0.6 is 11.6 Å². The first-order valence-corrected chi connectivity index (χ1v) is 9.07. The van der Waals surface area contributed by atoms with Crippen LogP contribution in [0.15, 0.2) is 24.3 Å². The fourth-order valence-corrected chi connectivity index (χ4v) is 3.78. The van der Waals surface area contributed by atoms with E-state index < -0.39 is 0 Å². The minimum Gasteiger partial charge on any atom is -0.371 e. The fraction of sp³-hybridized carbons (Fsp3) is 0.611. The normalized spacial score (nSPS) is 20.8. The van der Waals surface area contributed by atoms with Crippen LogP contribution in [0.3, 0.4) is 0 Å². The highest BCUT2D eigenvalue weighted by atomic mass is 35.5. The van der Waals surface area contributed by atoms with Crippen molar-refractivity contribution in [3.05, 3.63) is 29.3 Å². The number of hydrogen-bond acceptors (Lipinski definition) is 3. The molecule has 0 atom stereocenters. The number of carbonyl (C=O) groups excluding carboxylic acids is 1. The largest absolute Gasteiger partial charge is 0.371 e. The average molecular weight is 336 g/mol. The van der Waals surface area contributed by atoms with Crippen LogP contribution < -0.4 is 4.90 Å². The molecule has 0 unspecified atom stereocenters. The smallest absolute Gasteiger partial charge is 0.225 e. The molecule has 0 radical (unpaired) electrons. The van der Waals surface area contributed by atoms with Crippen LogP contribution in [-0.4, -0.2) is 61.5 Å². The lowest BCUT2D eigenvalue weighted by Gasteiger charge is -2.38. The highest BCUT2D eigenvalue weighted by Crippen LogP contribution is 2.26. The molecule has 2 aliphatic heterocycles. The highest BCUT2D eigenvalue weighted by Gasteiger charge is 2.30. The zero-order chi connectivity index (χ0) is 16.2. The predicted octanol–water partition coefficient (Wildman–Crippen LogP) is 2.72. The lowest BCUT2D eigenvalue weighted by molar-refractivity contribution is -0.137. The van der Waals surface area contributed by atoms with E-state index in [1.54, 1.807) is 0 Å². The summed E-state index contributed by atoms with van der Waals surface area (Å²) in [5.41, 5.74) is 1.17. The van der Waals surface area contributed by atoms with Gasteiger partial charge in [0.15, 0.2) is 0 Å². The molecule has 126 valence electrons. The number of anilines is 1. The van der Waals surface area contributed by atoms with Gasteiger partial charge < -0.3 is 14.7 Å². The van der Waals surface area contributed by atoms with Gasteiger partial charge in [-0.05, 0) is 37.6 Å². The van der Waals surface area contributed by atoms with Crippen molar-refractivity contribution in [2.24, 2.45) is 5.92 Å². The van der Waals surface area contributed by atoms with Gasteiger partial charge in [0, 0.05) is 55.9 Å². The summed E-state index contributed by atoms with van der Waals surface area (Å²) in [5.74, 6) is 0.560. The van der Waals surface area contributed by atoms with Crippen molar-refractivity contribution in [1.29, 1.82) is 0 Å². The Hall–Kier alpha value is -1.26. The first kappa shape index (κ1) is 16.6. The van der Waals surface area contributed by atoms with Crippen molar-refractivity contribution >= 4 is 23.2 Å². The fourth-order valence-electron chi connectivity index (χ4n) is 3.60. The summed E-state index contributed by atoms with van der Waals surface area (Å²) in [6.45, 7) is 8.95. The molecular formula is C18H26ClN3O. The summed E-state index contributed by atoms with van der Waals surface area (Å²) < 4.78 is 0. The molecule has 1 aromatic carbocycles. The van der Waals surface area contributed by atoms with E-state index in [9.17, 15) is 4.79 Å². The van der Waals surface area contributed by atoms with Crippen LogP contribution in [0.5, 0.6) is 0 Å². The lowest BCUT2D eigenvalue weighted by atomic mass is 9.94. The molecule has 1 amide bonds. The molecule has 0 aliphatic carbocycles. The van der Waals surface area contributed by atoms with Crippen LogP contribution in [0.4, 0.5) is 5.69 Å². The van der Waals surface area contributed by atoms with E-state index in [0.29, 0.717) is 5.91 Å². The predicted molar refractivity (Wildman–Crippen MR) is 95.1 cm³/mol. The number of hydrogen-bond donors (Lipinski definition) is 0. The Morgan fingerprint density at radius 1 is 1.13 bits per heavy atom. The number of carbonyl (C=O) groups is 1. The van der Waals surface area contributed by atoms with E-state index in [1.807, 2.05) is 18.2 Å². The van der Waals surface area contributed by atoms with Gasteiger partial charge in [0.05, 0.1) is 0 Å². The second kappa shape index (κ2) is 7.54. The first-order chi connectivity index (χ1) is 11.2. The van der Waals surface area contributed by atoms with Crippen molar-refractivity contribution in [2.75, 3.05) is 50.7 Å². The number of piperazine rings is 1. The molecule has 2 aliphatic rings. The van der Waals surface area contributed by atoms with E-state index in [2.05, 4.69) is 27.7 Å². The Kier molecular flexibility index (Phi) is 5.44. The van der Waals surface area contributed by atoms with Crippen molar-refractivity contribution in [1.82, 2.24) is 9.80 Å². The Bertz CT molecular complexity index is 535. The molecule has 0 bridgehead atoms. The highest BCUT2D eigenvalue weighted by molar-refractivity contribution is 6.30. The standard InChI is InChI=1S/C18H26ClN3O/c1-2-20-10-12-22(13-11-20)18(23)15-6-8-21(9-7-15)17-5-3-4-16(19)14-17/h3-5,14-15H,2,6-13H2,1H3. The van der Waals surface area contributed by atoms with Crippen LogP contribution in [0, 0.1) is 5.92 Å². The molecular weight excluding hydrogens is 310 g/mol. The number of piperidine rings is 1. The average Bonchev–Trinajstić information content (AvgIpc) is 2.61. The molecule has 0 saturated carbocycles. The van der Waals surface area contributed by atoms with Crippen molar-refractivity contribution in [2.45, 2.75) is 19.8 Å². The minimum atomic E-state index is 0.193. The number of benzene rings is 1. The number of rotatable bonds is 3. The van der Waals surface area contributed by atoms with E-state index in [-0.39, 0.29) is 5.92 Å². The summed E-state index contributed by atoms with van der Waals surface area (Å²) in [7, 11) is 0. The van der Waals surface area contributed by atoms with E-state index in [4.69, 9.17) is 11.6 Å². The van der Waals surface area contributed by atoms with Gasteiger partial charge in [-0.15, -0.1) is 0 Å². The van der Waals surface area contributed by atoms with Gasteiger partial charge in [-0.1, -0.05) is 24.6 Å². The van der Waals surface area contributed by atoms with Gasteiger partial charge in [-0.25, -0.2) is 0 Å². The topological polar surface area (TPSA) is 26.8 Å². The lowest BCUT2D eigenvalue weighted by Crippen LogP contribution is -2.51. The summed E-state index contributed by atoms with van der Waals surface area (Å²) in [5, 5.41) is 0.773. The van der Waals surface area contributed by atoms with Crippen LogP contribution in [-0.2, 0) is 4.79 Å². The van der Waals surface area contributed by atoms with Gasteiger partial charge in [-0.3, -0.25) is 4.79 Å². The summed E-state index contributed by atoms with van der Waals surface area (Å²) in [6.07, 6.45) is 1.89. The van der Waals surface area contributed by atoms with Gasteiger partial charge >= 0.3 is 0 Å². The maximum atomic E-state index is 12.7. The van der Waals surface area contributed by atoms with Crippen molar-refractivity contribution < 1.29 is 4.79 Å². The van der Waals surface area contributed by atoms with Crippen LogP contribution in [0.25, 0.3) is 0 Å². The van der Waals surface area contributed by atoms with Gasteiger partial charge in [0.25, 0.3) is 0 Å². The molecule has 3 rings (SSSR count).